The van der Waals surface area contributed by atoms with Crippen molar-refractivity contribution in [3.63, 3.8) is 0 Å². The molecule has 0 unspecified atom stereocenters. The molecule has 1 aliphatic heterocycles. The van der Waals surface area contributed by atoms with Crippen molar-refractivity contribution in [1.82, 2.24) is 19.0 Å². The van der Waals surface area contributed by atoms with Crippen LogP contribution in [0.4, 0.5) is 5.69 Å². The van der Waals surface area contributed by atoms with Gasteiger partial charge in [-0.15, -0.1) is 0 Å². The predicted octanol–water partition coefficient (Wildman–Crippen LogP) is 1.31. The van der Waals surface area contributed by atoms with E-state index in [1.54, 1.807) is 7.05 Å². The monoisotopic (exact) mass is 482 g/mol. The van der Waals surface area contributed by atoms with Gasteiger partial charge in [-0.05, 0) is 31.7 Å². The lowest BCUT2D eigenvalue weighted by Gasteiger charge is -2.31. The third kappa shape index (κ3) is 4.80. The summed E-state index contributed by atoms with van der Waals surface area (Å²) in [7, 11) is -0.296. The van der Waals surface area contributed by atoms with Gasteiger partial charge < -0.3 is 16.0 Å². The average Bonchev–Trinajstić information content (AvgIpc) is 3.03. The van der Waals surface area contributed by atoms with Crippen LogP contribution in [0.25, 0.3) is 0 Å². The van der Waals surface area contributed by atoms with Crippen molar-refractivity contribution in [3.8, 4) is 0 Å². The largest absolute Gasteiger partial charge is 0.364 e. The Morgan fingerprint density at radius 2 is 1.84 bits per heavy atom. The minimum absolute atomic E-state index is 0.0216. The van der Waals surface area contributed by atoms with Gasteiger partial charge in [-0.3, -0.25) is 14.3 Å². The number of nitrogens with one attached hydrogen (secondary N) is 1. The highest BCUT2D eigenvalue weighted by molar-refractivity contribution is 7.89. The summed E-state index contributed by atoms with van der Waals surface area (Å²) in [6, 6.07) is 4.02. The van der Waals surface area contributed by atoms with Crippen LogP contribution in [-0.4, -0.2) is 72.4 Å². The molecule has 1 fully saturated rings. The van der Waals surface area contributed by atoms with Crippen molar-refractivity contribution in [3.05, 3.63) is 40.2 Å². The second kappa shape index (κ2) is 9.57. The number of primary amides is 1. The molecule has 2 heterocycles. The summed E-state index contributed by atoms with van der Waals surface area (Å²) in [4.78, 5) is 27.0. The van der Waals surface area contributed by atoms with Crippen molar-refractivity contribution in [2.24, 2.45) is 12.8 Å². The molecule has 10 nitrogen and oxygen atoms in total. The van der Waals surface area contributed by atoms with Crippen LogP contribution in [0.5, 0.6) is 0 Å². The molecule has 0 atom stereocenters. The standard InChI is InChI=1S/C20H27ClN6O4S/c1-4-5-16-17(18(19(22)28)26(3)24-16)23-20(29)14-12-13(6-7-15(14)21)32(30,31)27-10-8-25(2)9-11-27/h6-7,12H,4-5,8-11H2,1-3H3,(H2,22,28)(H,23,29). The van der Waals surface area contributed by atoms with E-state index in [0.29, 0.717) is 38.3 Å². The molecule has 0 spiro atoms. The molecule has 0 saturated carbocycles. The number of piperazine rings is 1. The van der Waals surface area contributed by atoms with Crippen LogP contribution in [0.15, 0.2) is 23.1 Å². The molecular formula is C20H27ClN6O4S. The lowest BCUT2D eigenvalue weighted by molar-refractivity contribution is 0.0992. The highest BCUT2D eigenvalue weighted by Gasteiger charge is 2.29. The molecular weight excluding hydrogens is 456 g/mol. The van der Waals surface area contributed by atoms with Gasteiger partial charge in [0.05, 0.1) is 26.9 Å². The molecule has 1 aliphatic rings. The van der Waals surface area contributed by atoms with E-state index in [0.717, 1.165) is 6.42 Å². The van der Waals surface area contributed by atoms with E-state index in [1.165, 1.54) is 27.2 Å². The number of carbonyl (C=O) groups is 2. The number of rotatable bonds is 7. The number of likely N-dealkylation sites (N-methyl/N-ethyl adjacent to an activating group) is 1. The number of hydrogen-bond acceptors (Lipinski definition) is 6. The van der Waals surface area contributed by atoms with Crippen molar-refractivity contribution >= 4 is 39.1 Å². The van der Waals surface area contributed by atoms with Gasteiger partial charge in [0.15, 0.2) is 0 Å². The first-order chi connectivity index (χ1) is 15.1. The van der Waals surface area contributed by atoms with E-state index in [-0.39, 0.29) is 26.9 Å². The zero-order valence-electron chi connectivity index (χ0n) is 18.3. The second-order valence-corrected chi connectivity index (χ2v) is 10.1. The fourth-order valence-corrected chi connectivity index (χ4v) is 5.25. The van der Waals surface area contributed by atoms with Gasteiger partial charge in [0, 0.05) is 33.2 Å². The van der Waals surface area contributed by atoms with Gasteiger partial charge in [0.2, 0.25) is 10.0 Å². The van der Waals surface area contributed by atoms with Gasteiger partial charge in [-0.2, -0.15) is 9.40 Å². The van der Waals surface area contributed by atoms with Crippen LogP contribution < -0.4 is 11.1 Å². The van der Waals surface area contributed by atoms with Gasteiger partial charge in [-0.1, -0.05) is 24.9 Å². The van der Waals surface area contributed by atoms with Crippen LogP contribution >= 0.6 is 11.6 Å². The Morgan fingerprint density at radius 3 is 2.44 bits per heavy atom. The molecule has 1 saturated heterocycles. The number of halogens is 1. The summed E-state index contributed by atoms with van der Waals surface area (Å²) in [6.45, 7) is 3.91. The molecule has 1 aromatic carbocycles. The fourth-order valence-electron chi connectivity index (χ4n) is 3.60. The van der Waals surface area contributed by atoms with Gasteiger partial charge in [0.25, 0.3) is 11.8 Å². The average molecular weight is 483 g/mol. The number of carbonyl (C=O) groups excluding carboxylic acids is 2. The first-order valence-corrected chi connectivity index (χ1v) is 12.0. The topological polar surface area (TPSA) is 131 Å². The molecule has 3 rings (SSSR count). The lowest BCUT2D eigenvalue weighted by atomic mass is 10.1. The highest BCUT2D eigenvalue weighted by atomic mass is 35.5. The van der Waals surface area contributed by atoms with Crippen LogP contribution in [-0.2, 0) is 23.5 Å². The van der Waals surface area contributed by atoms with E-state index in [2.05, 4.69) is 10.4 Å². The number of hydrogen-bond donors (Lipinski definition) is 2. The minimum atomic E-state index is -3.79. The third-order valence-corrected chi connectivity index (χ3v) is 7.59. The zero-order chi connectivity index (χ0) is 23.6. The number of nitrogens with zero attached hydrogens (tertiary/aromatic N) is 4. The van der Waals surface area contributed by atoms with Gasteiger partial charge >= 0.3 is 0 Å². The number of sulfonamides is 1. The number of aryl methyl sites for hydroxylation is 2. The zero-order valence-corrected chi connectivity index (χ0v) is 19.8. The van der Waals surface area contributed by atoms with Crippen molar-refractivity contribution in [2.45, 2.75) is 24.7 Å². The molecule has 0 bridgehead atoms. The van der Waals surface area contributed by atoms with E-state index in [4.69, 9.17) is 17.3 Å². The molecule has 12 heteroatoms. The number of aromatic nitrogens is 2. The fraction of sp³-hybridized carbons (Fsp3) is 0.450. The number of anilines is 1. The van der Waals surface area contributed by atoms with E-state index < -0.39 is 21.8 Å². The predicted molar refractivity (Wildman–Crippen MR) is 121 cm³/mol. The Kier molecular flexibility index (Phi) is 7.23. The Labute approximate surface area is 192 Å². The molecule has 2 aromatic rings. The summed E-state index contributed by atoms with van der Waals surface area (Å²) < 4.78 is 28.9. The number of benzene rings is 1. The molecule has 2 amide bonds. The Morgan fingerprint density at radius 1 is 1.19 bits per heavy atom. The Hall–Kier alpha value is -2.47. The Balaban J connectivity index is 1.95. The Bertz CT molecular complexity index is 1140. The summed E-state index contributed by atoms with van der Waals surface area (Å²) in [6.07, 6.45) is 1.25. The maximum absolute atomic E-state index is 13.1. The maximum Gasteiger partial charge on any atom is 0.269 e. The molecule has 0 radical (unpaired) electrons. The van der Waals surface area contributed by atoms with Crippen LogP contribution in [0.2, 0.25) is 5.02 Å². The molecule has 32 heavy (non-hydrogen) atoms. The van der Waals surface area contributed by atoms with Gasteiger partial charge in [-0.25, -0.2) is 8.42 Å². The summed E-state index contributed by atoms with van der Waals surface area (Å²) in [5.74, 6) is -1.39. The van der Waals surface area contributed by atoms with E-state index in [1.807, 2.05) is 18.9 Å². The summed E-state index contributed by atoms with van der Waals surface area (Å²) in [5.41, 5.74) is 6.22. The SMILES string of the molecule is CCCc1nn(C)c(C(N)=O)c1NC(=O)c1cc(S(=O)(=O)N2CCN(C)CC2)ccc1Cl. The molecule has 174 valence electrons. The number of amides is 2. The van der Waals surface area contributed by atoms with Crippen molar-refractivity contribution in [1.29, 1.82) is 0 Å². The van der Waals surface area contributed by atoms with Crippen LogP contribution in [0, 0.1) is 0 Å². The normalized spacial score (nSPS) is 15.6. The van der Waals surface area contributed by atoms with E-state index in [9.17, 15) is 18.0 Å². The first kappa shape index (κ1) is 24.2. The smallest absolute Gasteiger partial charge is 0.269 e. The number of nitrogens with two attached hydrogens (primary N) is 1. The summed E-state index contributed by atoms with van der Waals surface area (Å²) >= 11 is 6.23. The van der Waals surface area contributed by atoms with Crippen LogP contribution in [0.1, 0.15) is 39.9 Å². The third-order valence-electron chi connectivity index (χ3n) is 5.36. The molecule has 3 N–H and O–H groups in total. The minimum Gasteiger partial charge on any atom is -0.364 e. The molecule has 0 aliphatic carbocycles. The van der Waals surface area contributed by atoms with E-state index >= 15 is 0 Å². The first-order valence-electron chi connectivity index (χ1n) is 10.2. The quantitative estimate of drug-likeness (QED) is 0.611. The molecule has 1 aromatic heterocycles. The van der Waals surface area contributed by atoms with Gasteiger partial charge in [0.1, 0.15) is 5.69 Å². The van der Waals surface area contributed by atoms with Crippen molar-refractivity contribution in [2.75, 3.05) is 38.5 Å². The summed E-state index contributed by atoms with van der Waals surface area (Å²) in [5, 5.41) is 7.03. The second-order valence-electron chi connectivity index (χ2n) is 7.71. The van der Waals surface area contributed by atoms with Crippen molar-refractivity contribution < 1.29 is 18.0 Å². The van der Waals surface area contributed by atoms with Crippen LogP contribution in [0.3, 0.4) is 0 Å². The highest BCUT2D eigenvalue weighted by Crippen LogP contribution is 2.27. The maximum atomic E-state index is 13.1. The lowest BCUT2D eigenvalue weighted by Crippen LogP contribution is -2.47.